The van der Waals surface area contributed by atoms with E-state index in [-0.39, 0.29) is 0 Å². The summed E-state index contributed by atoms with van der Waals surface area (Å²) < 4.78 is 0. The van der Waals surface area contributed by atoms with Crippen LogP contribution < -0.4 is 4.90 Å². The van der Waals surface area contributed by atoms with Crippen molar-refractivity contribution < 1.29 is 4.79 Å². The highest BCUT2D eigenvalue weighted by Gasteiger charge is 2.16. The third-order valence-electron chi connectivity index (χ3n) is 2.24. The van der Waals surface area contributed by atoms with Crippen molar-refractivity contribution in [2.75, 3.05) is 18.0 Å². The Morgan fingerprint density at radius 2 is 2.25 bits per heavy atom. The van der Waals surface area contributed by atoms with Crippen molar-refractivity contribution in [1.82, 2.24) is 0 Å². The van der Waals surface area contributed by atoms with E-state index in [1.807, 2.05) is 18.4 Å². The van der Waals surface area contributed by atoms with Gasteiger partial charge in [-0.2, -0.15) is 0 Å². The second-order valence-corrected chi connectivity index (χ2v) is 2.94. The second kappa shape index (κ2) is 2.97. The van der Waals surface area contributed by atoms with Gasteiger partial charge in [0.25, 0.3) is 0 Å². The van der Waals surface area contributed by atoms with E-state index in [0.29, 0.717) is 6.54 Å². The molecule has 0 amide bonds. The first-order valence-corrected chi connectivity index (χ1v) is 4.09. The van der Waals surface area contributed by atoms with Crippen LogP contribution in [0.1, 0.15) is 5.56 Å². The number of para-hydroxylation sites is 1. The summed E-state index contributed by atoms with van der Waals surface area (Å²) in [5, 5.41) is 0. The van der Waals surface area contributed by atoms with Crippen LogP contribution in [-0.4, -0.2) is 19.4 Å². The average Bonchev–Trinajstić information content (AvgIpc) is 2.50. The molecule has 1 heterocycles. The third kappa shape index (κ3) is 1.09. The maximum Gasteiger partial charge on any atom is 0.219 e. The zero-order valence-corrected chi connectivity index (χ0v) is 6.79. The summed E-state index contributed by atoms with van der Waals surface area (Å²) >= 11 is 0. The van der Waals surface area contributed by atoms with Gasteiger partial charge in [0, 0.05) is 12.2 Å². The molecule has 0 aromatic heterocycles. The Balaban J connectivity index is 2.29. The lowest BCUT2D eigenvalue weighted by Gasteiger charge is -2.14. The number of rotatable bonds is 2. The van der Waals surface area contributed by atoms with E-state index < -0.39 is 0 Å². The first kappa shape index (κ1) is 7.35. The van der Waals surface area contributed by atoms with Gasteiger partial charge in [0.2, 0.25) is 6.29 Å². The Morgan fingerprint density at radius 1 is 1.42 bits per heavy atom. The van der Waals surface area contributed by atoms with Gasteiger partial charge in [0.15, 0.2) is 0 Å². The molecule has 1 aliphatic rings. The topological polar surface area (TPSA) is 20.3 Å². The van der Waals surface area contributed by atoms with E-state index in [9.17, 15) is 4.79 Å². The zero-order chi connectivity index (χ0) is 8.39. The number of hydrogen-bond acceptors (Lipinski definition) is 2. The number of benzene rings is 1. The van der Waals surface area contributed by atoms with Crippen molar-refractivity contribution in [2.45, 2.75) is 6.42 Å². The minimum absolute atomic E-state index is 0.400. The lowest BCUT2D eigenvalue weighted by Crippen LogP contribution is -2.22. The lowest BCUT2D eigenvalue weighted by atomic mass is 10.2. The Kier molecular flexibility index (Phi) is 1.82. The number of hydrogen-bond donors (Lipinski definition) is 0. The maximum atomic E-state index is 10.2. The Morgan fingerprint density at radius 3 is 3.08 bits per heavy atom. The lowest BCUT2D eigenvalue weighted by molar-refractivity contribution is 0.554. The molecule has 1 radical (unpaired) electrons. The third-order valence-corrected chi connectivity index (χ3v) is 2.24. The van der Waals surface area contributed by atoms with Gasteiger partial charge in [0.05, 0.1) is 6.54 Å². The van der Waals surface area contributed by atoms with Gasteiger partial charge in [-0.3, -0.25) is 4.79 Å². The van der Waals surface area contributed by atoms with E-state index >= 15 is 0 Å². The van der Waals surface area contributed by atoms with Crippen LogP contribution in [0.4, 0.5) is 5.69 Å². The summed E-state index contributed by atoms with van der Waals surface area (Å²) in [6, 6.07) is 8.20. The number of carbonyl (C=O) groups excluding carboxylic acids is 1. The Bertz CT molecular complexity index is 296. The molecule has 0 atom stereocenters. The van der Waals surface area contributed by atoms with E-state index in [1.54, 1.807) is 0 Å². The summed E-state index contributed by atoms with van der Waals surface area (Å²) in [5.41, 5.74) is 2.54. The molecule has 2 rings (SSSR count). The molecule has 2 heteroatoms. The maximum absolute atomic E-state index is 10.2. The van der Waals surface area contributed by atoms with Crippen LogP contribution in [0.25, 0.3) is 0 Å². The van der Waals surface area contributed by atoms with Gasteiger partial charge in [-0.15, -0.1) is 0 Å². The SMILES string of the molecule is O=[C]CN1CCc2ccccc21. The first-order chi connectivity index (χ1) is 5.92. The fourth-order valence-corrected chi connectivity index (χ4v) is 1.65. The highest BCUT2D eigenvalue weighted by Crippen LogP contribution is 2.26. The molecule has 1 aromatic rings. The molecule has 0 saturated heterocycles. The van der Waals surface area contributed by atoms with Crippen molar-refractivity contribution in [1.29, 1.82) is 0 Å². The fraction of sp³-hybridized carbons (Fsp3) is 0.300. The van der Waals surface area contributed by atoms with Crippen LogP contribution in [0, 0.1) is 0 Å². The standard InChI is InChI=1S/C10H10NO/c12-8-7-11-6-5-9-3-1-2-4-10(9)11/h1-4H,5-7H2. The molecular weight excluding hydrogens is 150 g/mol. The molecule has 1 aliphatic heterocycles. The van der Waals surface area contributed by atoms with Crippen molar-refractivity contribution in [2.24, 2.45) is 0 Å². The van der Waals surface area contributed by atoms with E-state index in [4.69, 9.17) is 0 Å². The van der Waals surface area contributed by atoms with E-state index in [0.717, 1.165) is 13.0 Å². The van der Waals surface area contributed by atoms with Gasteiger partial charge in [-0.1, -0.05) is 18.2 Å². The van der Waals surface area contributed by atoms with Crippen molar-refractivity contribution in [3.63, 3.8) is 0 Å². The minimum Gasteiger partial charge on any atom is -0.363 e. The van der Waals surface area contributed by atoms with Gasteiger partial charge < -0.3 is 4.90 Å². The summed E-state index contributed by atoms with van der Waals surface area (Å²) in [6.07, 6.45) is 2.98. The fourth-order valence-electron chi connectivity index (χ4n) is 1.65. The number of nitrogens with zero attached hydrogens (tertiary/aromatic N) is 1. The quantitative estimate of drug-likeness (QED) is 0.647. The highest BCUT2D eigenvalue weighted by atomic mass is 16.1. The molecule has 1 aromatic carbocycles. The molecule has 0 N–H and O–H groups in total. The smallest absolute Gasteiger partial charge is 0.219 e. The summed E-state index contributed by atoms with van der Waals surface area (Å²) in [7, 11) is 0. The van der Waals surface area contributed by atoms with Gasteiger partial charge in [0.1, 0.15) is 0 Å². The molecule has 0 saturated carbocycles. The highest BCUT2D eigenvalue weighted by molar-refractivity contribution is 5.66. The van der Waals surface area contributed by atoms with Crippen LogP contribution in [0.15, 0.2) is 24.3 Å². The molecule has 61 valence electrons. The first-order valence-electron chi connectivity index (χ1n) is 4.09. The molecule has 0 bridgehead atoms. The Hall–Kier alpha value is -1.31. The number of anilines is 1. The molecule has 0 aliphatic carbocycles. The summed E-state index contributed by atoms with van der Waals surface area (Å²) in [5.74, 6) is 0. The molecular formula is C10H10NO. The number of fused-ring (bicyclic) bond motifs is 1. The molecule has 12 heavy (non-hydrogen) atoms. The monoisotopic (exact) mass is 160 g/mol. The van der Waals surface area contributed by atoms with Gasteiger partial charge in [-0.05, 0) is 18.1 Å². The largest absolute Gasteiger partial charge is 0.363 e. The summed E-state index contributed by atoms with van der Waals surface area (Å²) in [6.45, 7) is 1.35. The summed E-state index contributed by atoms with van der Waals surface area (Å²) in [4.78, 5) is 12.3. The van der Waals surface area contributed by atoms with Gasteiger partial charge >= 0.3 is 0 Å². The second-order valence-electron chi connectivity index (χ2n) is 2.94. The zero-order valence-electron chi connectivity index (χ0n) is 6.79. The van der Waals surface area contributed by atoms with Crippen LogP contribution in [0.5, 0.6) is 0 Å². The van der Waals surface area contributed by atoms with Crippen LogP contribution in [0.3, 0.4) is 0 Å². The molecule has 0 spiro atoms. The van der Waals surface area contributed by atoms with E-state index in [1.165, 1.54) is 11.3 Å². The van der Waals surface area contributed by atoms with Crippen molar-refractivity contribution in [3.8, 4) is 0 Å². The molecule has 0 fully saturated rings. The van der Waals surface area contributed by atoms with Crippen LogP contribution in [0.2, 0.25) is 0 Å². The van der Waals surface area contributed by atoms with Crippen LogP contribution in [-0.2, 0) is 11.2 Å². The average molecular weight is 160 g/mol. The minimum atomic E-state index is 0.400. The van der Waals surface area contributed by atoms with Crippen molar-refractivity contribution >= 4 is 12.0 Å². The van der Waals surface area contributed by atoms with E-state index in [2.05, 4.69) is 17.0 Å². The Labute approximate surface area is 71.8 Å². The molecule has 0 unspecified atom stereocenters. The normalized spacial score (nSPS) is 14.5. The predicted octanol–water partition coefficient (Wildman–Crippen LogP) is 1.16. The van der Waals surface area contributed by atoms with Crippen LogP contribution >= 0.6 is 0 Å². The van der Waals surface area contributed by atoms with Crippen molar-refractivity contribution in [3.05, 3.63) is 29.8 Å². The predicted molar refractivity (Wildman–Crippen MR) is 48.1 cm³/mol. The molecule has 2 nitrogen and oxygen atoms in total. The van der Waals surface area contributed by atoms with Gasteiger partial charge in [-0.25, -0.2) is 0 Å².